The van der Waals surface area contributed by atoms with Crippen LogP contribution in [-0.2, 0) is 0 Å². The van der Waals surface area contributed by atoms with Crippen LogP contribution in [0, 0.1) is 0 Å². The normalized spacial score (nSPS) is 20.1. The van der Waals surface area contributed by atoms with Gasteiger partial charge in [-0.2, -0.15) is 0 Å². The van der Waals surface area contributed by atoms with E-state index in [0.717, 1.165) is 29.3 Å². The summed E-state index contributed by atoms with van der Waals surface area (Å²) in [7, 11) is 0. The summed E-state index contributed by atoms with van der Waals surface area (Å²) in [6, 6.07) is 9.58. The summed E-state index contributed by atoms with van der Waals surface area (Å²) in [5.74, 6) is 0. The minimum atomic E-state index is -0.980. The van der Waals surface area contributed by atoms with E-state index in [9.17, 15) is 10.2 Å². The summed E-state index contributed by atoms with van der Waals surface area (Å²) in [5, 5.41) is 22.0. The van der Waals surface area contributed by atoms with E-state index >= 15 is 0 Å². The van der Waals surface area contributed by atoms with Crippen molar-refractivity contribution < 1.29 is 10.2 Å². The number of fused-ring (bicyclic) bond motifs is 1. The molecule has 1 aromatic carbocycles. The molecule has 1 fully saturated rings. The highest BCUT2D eigenvalue weighted by molar-refractivity contribution is 5.82. The number of hydrogen-bond donors (Lipinski definition) is 2. The zero-order valence-corrected chi connectivity index (χ0v) is 10.2. The molecule has 3 rings (SSSR count). The number of nitrogens with zero attached hydrogens (tertiary/aromatic N) is 1. The quantitative estimate of drug-likeness (QED) is 0.852. The Hall–Kier alpha value is -1.45. The third-order valence-electron chi connectivity index (χ3n) is 3.94. The number of aromatic nitrogens is 1. The first kappa shape index (κ1) is 11.6. The number of aliphatic hydroxyl groups is 2. The van der Waals surface area contributed by atoms with Crippen LogP contribution in [0.4, 0.5) is 0 Å². The maximum atomic E-state index is 10.5. The van der Waals surface area contributed by atoms with Crippen molar-refractivity contribution in [2.24, 2.45) is 0 Å². The number of rotatable bonds is 2. The lowest BCUT2D eigenvalue weighted by Gasteiger charge is -2.29. The van der Waals surface area contributed by atoms with Gasteiger partial charge in [0.2, 0.25) is 0 Å². The van der Waals surface area contributed by atoms with Gasteiger partial charge < -0.3 is 10.2 Å². The van der Waals surface area contributed by atoms with Crippen molar-refractivity contribution in [2.75, 3.05) is 0 Å². The van der Waals surface area contributed by atoms with Gasteiger partial charge in [0.05, 0.1) is 11.1 Å². The Labute approximate surface area is 106 Å². The lowest BCUT2D eigenvalue weighted by atomic mass is 9.88. The maximum Gasteiger partial charge on any atom is 0.110 e. The Morgan fingerprint density at radius 3 is 2.61 bits per heavy atom. The van der Waals surface area contributed by atoms with Gasteiger partial charge in [-0.1, -0.05) is 37.1 Å². The van der Waals surface area contributed by atoms with E-state index in [1.807, 2.05) is 30.3 Å². The molecule has 0 spiro atoms. The van der Waals surface area contributed by atoms with Crippen LogP contribution < -0.4 is 0 Å². The highest BCUT2D eigenvalue weighted by atomic mass is 16.3. The second kappa shape index (κ2) is 4.34. The van der Waals surface area contributed by atoms with Crippen molar-refractivity contribution in [1.29, 1.82) is 0 Å². The molecular weight excluding hydrogens is 226 g/mol. The van der Waals surface area contributed by atoms with Crippen LogP contribution in [0.2, 0.25) is 0 Å². The molecule has 1 aliphatic rings. The molecule has 1 heterocycles. The monoisotopic (exact) mass is 243 g/mol. The largest absolute Gasteiger partial charge is 0.387 e. The van der Waals surface area contributed by atoms with Gasteiger partial charge in [0, 0.05) is 17.1 Å². The molecule has 0 saturated heterocycles. The topological polar surface area (TPSA) is 53.4 Å². The van der Waals surface area contributed by atoms with Crippen molar-refractivity contribution in [3.8, 4) is 0 Å². The SMILES string of the molecule is OC(c1cccc2cccnc12)C1(O)CCCC1. The standard InChI is InChI=1S/C15H17NO2/c17-14(15(18)8-1-2-9-15)12-7-3-5-11-6-4-10-16-13(11)12/h3-7,10,14,17-18H,1-2,8-9H2. The summed E-state index contributed by atoms with van der Waals surface area (Å²) >= 11 is 0. The van der Waals surface area contributed by atoms with Gasteiger partial charge in [-0.05, 0) is 18.9 Å². The van der Waals surface area contributed by atoms with E-state index in [4.69, 9.17) is 0 Å². The Bertz CT molecular complexity index is 556. The number of para-hydroxylation sites is 1. The van der Waals surface area contributed by atoms with Crippen molar-refractivity contribution in [1.82, 2.24) is 4.98 Å². The fourth-order valence-corrected chi connectivity index (χ4v) is 2.90. The predicted octanol–water partition coefficient (Wildman–Crippen LogP) is 2.57. The number of hydrogen-bond acceptors (Lipinski definition) is 3. The molecule has 1 aromatic heterocycles. The van der Waals surface area contributed by atoms with Crippen LogP contribution >= 0.6 is 0 Å². The maximum absolute atomic E-state index is 10.5. The molecular formula is C15H17NO2. The zero-order valence-electron chi connectivity index (χ0n) is 10.2. The molecule has 94 valence electrons. The molecule has 1 unspecified atom stereocenters. The molecule has 0 aliphatic heterocycles. The minimum Gasteiger partial charge on any atom is -0.387 e. The fraction of sp³-hybridized carbons (Fsp3) is 0.400. The molecule has 1 aliphatic carbocycles. The average molecular weight is 243 g/mol. The van der Waals surface area contributed by atoms with Crippen molar-refractivity contribution in [3.05, 3.63) is 42.1 Å². The third kappa shape index (κ3) is 1.80. The van der Waals surface area contributed by atoms with Gasteiger partial charge in [0.15, 0.2) is 0 Å². The summed E-state index contributed by atoms with van der Waals surface area (Å²) in [5.41, 5.74) is 0.538. The van der Waals surface area contributed by atoms with Crippen LogP contribution in [0.3, 0.4) is 0 Å². The van der Waals surface area contributed by atoms with E-state index < -0.39 is 11.7 Å². The molecule has 0 amide bonds. The molecule has 2 aromatic rings. The molecule has 1 saturated carbocycles. The number of aliphatic hydroxyl groups excluding tert-OH is 1. The Morgan fingerprint density at radius 1 is 1.11 bits per heavy atom. The molecule has 18 heavy (non-hydrogen) atoms. The van der Waals surface area contributed by atoms with Crippen LogP contribution in [0.1, 0.15) is 37.4 Å². The fourth-order valence-electron chi connectivity index (χ4n) is 2.90. The van der Waals surface area contributed by atoms with Gasteiger partial charge in [0.1, 0.15) is 6.10 Å². The Balaban J connectivity index is 2.08. The summed E-state index contributed by atoms with van der Waals surface area (Å²) in [6.07, 6.45) is 4.15. The van der Waals surface area contributed by atoms with Crippen molar-refractivity contribution >= 4 is 10.9 Å². The van der Waals surface area contributed by atoms with Gasteiger partial charge in [0.25, 0.3) is 0 Å². The molecule has 2 N–H and O–H groups in total. The second-order valence-electron chi connectivity index (χ2n) is 5.14. The van der Waals surface area contributed by atoms with Crippen LogP contribution in [0.5, 0.6) is 0 Å². The summed E-state index contributed by atoms with van der Waals surface area (Å²) < 4.78 is 0. The molecule has 0 radical (unpaired) electrons. The molecule has 3 heteroatoms. The minimum absolute atomic E-state index is 0.664. The first-order valence-electron chi connectivity index (χ1n) is 6.45. The van der Waals surface area contributed by atoms with Crippen molar-refractivity contribution in [3.63, 3.8) is 0 Å². The average Bonchev–Trinajstić information content (AvgIpc) is 2.85. The first-order chi connectivity index (χ1) is 8.71. The zero-order chi connectivity index (χ0) is 12.6. The van der Waals surface area contributed by atoms with E-state index in [2.05, 4.69) is 4.98 Å². The predicted molar refractivity (Wildman–Crippen MR) is 70.1 cm³/mol. The van der Waals surface area contributed by atoms with Crippen LogP contribution in [0.15, 0.2) is 36.5 Å². The lowest BCUT2D eigenvalue weighted by Crippen LogP contribution is -2.33. The summed E-state index contributed by atoms with van der Waals surface area (Å²) in [6.45, 7) is 0. The smallest absolute Gasteiger partial charge is 0.110 e. The van der Waals surface area contributed by atoms with E-state index in [0.29, 0.717) is 12.8 Å². The van der Waals surface area contributed by atoms with Crippen LogP contribution in [-0.4, -0.2) is 20.8 Å². The van der Waals surface area contributed by atoms with E-state index in [1.165, 1.54) is 0 Å². The molecule has 1 atom stereocenters. The van der Waals surface area contributed by atoms with Crippen molar-refractivity contribution in [2.45, 2.75) is 37.4 Å². The van der Waals surface area contributed by atoms with Gasteiger partial charge >= 0.3 is 0 Å². The van der Waals surface area contributed by atoms with E-state index in [1.54, 1.807) is 6.20 Å². The summed E-state index contributed by atoms with van der Waals surface area (Å²) in [4.78, 5) is 4.33. The third-order valence-corrected chi connectivity index (χ3v) is 3.94. The molecule has 0 bridgehead atoms. The lowest BCUT2D eigenvalue weighted by molar-refractivity contribution is -0.0713. The highest BCUT2D eigenvalue weighted by Gasteiger charge is 2.39. The van der Waals surface area contributed by atoms with Gasteiger partial charge in [-0.25, -0.2) is 0 Å². The molecule has 3 nitrogen and oxygen atoms in total. The second-order valence-corrected chi connectivity index (χ2v) is 5.14. The van der Waals surface area contributed by atoms with E-state index in [-0.39, 0.29) is 0 Å². The highest BCUT2D eigenvalue weighted by Crippen LogP contribution is 2.41. The first-order valence-corrected chi connectivity index (χ1v) is 6.45. The number of pyridine rings is 1. The van der Waals surface area contributed by atoms with Crippen LogP contribution in [0.25, 0.3) is 10.9 Å². The Morgan fingerprint density at radius 2 is 1.83 bits per heavy atom. The number of benzene rings is 1. The van der Waals surface area contributed by atoms with Gasteiger partial charge in [-0.15, -0.1) is 0 Å². The Kier molecular flexibility index (Phi) is 2.80. The van der Waals surface area contributed by atoms with Gasteiger partial charge in [-0.3, -0.25) is 4.98 Å².